The molecule has 4 heteroatoms. The second kappa shape index (κ2) is 6.43. The molecule has 0 spiro atoms. The molecule has 1 rings (SSSR count). The van der Waals surface area contributed by atoms with Crippen molar-refractivity contribution in [3.63, 3.8) is 0 Å². The van der Waals surface area contributed by atoms with E-state index in [1.165, 1.54) is 5.56 Å². The van der Waals surface area contributed by atoms with E-state index >= 15 is 0 Å². The number of anilines is 1. The van der Waals surface area contributed by atoms with Crippen molar-refractivity contribution >= 4 is 23.4 Å². The summed E-state index contributed by atoms with van der Waals surface area (Å²) in [4.78, 5) is 12.3. The number of thioether (sulfide) groups is 1. The molecule has 0 heterocycles. The molecule has 0 bridgehead atoms. The van der Waals surface area contributed by atoms with E-state index in [9.17, 15) is 4.79 Å². The van der Waals surface area contributed by atoms with E-state index in [2.05, 4.69) is 0 Å². The molecule has 0 amide bonds. The standard InChI is InChI=1S/C12H17NO2S/c1-3-15-12(14)6-7-16-11-8-10(13)5-4-9(11)2/h4-5,8H,3,6-7,13H2,1-2H3. The summed E-state index contributed by atoms with van der Waals surface area (Å²) in [6.45, 7) is 4.29. The Morgan fingerprint density at radius 2 is 2.25 bits per heavy atom. The molecule has 1 aromatic rings. The highest BCUT2D eigenvalue weighted by Crippen LogP contribution is 2.25. The normalized spacial score (nSPS) is 10.1. The number of nitrogens with two attached hydrogens (primary N) is 1. The zero-order valence-corrected chi connectivity index (χ0v) is 10.5. The van der Waals surface area contributed by atoms with Crippen molar-refractivity contribution in [2.45, 2.75) is 25.2 Å². The lowest BCUT2D eigenvalue weighted by Crippen LogP contribution is -2.04. The number of hydrogen-bond acceptors (Lipinski definition) is 4. The van der Waals surface area contributed by atoms with Gasteiger partial charge in [0.2, 0.25) is 0 Å². The number of carbonyl (C=O) groups excluding carboxylic acids is 1. The number of hydrogen-bond donors (Lipinski definition) is 1. The number of ether oxygens (including phenoxy) is 1. The van der Waals surface area contributed by atoms with Gasteiger partial charge in [0.15, 0.2) is 0 Å². The predicted octanol–water partition coefficient (Wildman–Crippen LogP) is 2.62. The molecule has 3 nitrogen and oxygen atoms in total. The van der Waals surface area contributed by atoms with Gasteiger partial charge in [0.05, 0.1) is 13.0 Å². The Bertz CT molecular complexity index is 366. The minimum absolute atomic E-state index is 0.142. The molecule has 0 fully saturated rings. The largest absolute Gasteiger partial charge is 0.466 e. The first-order valence-corrected chi connectivity index (χ1v) is 6.26. The molecule has 16 heavy (non-hydrogen) atoms. The molecule has 0 atom stereocenters. The fourth-order valence-corrected chi connectivity index (χ4v) is 2.25. The van der Waals surface area contributed by atoms with Gasteiger partial charge in [-0.2, -0.15) is 0 Å². The first-order valence-electron chi connectivity index (χ1n) is 5.28. The quantitative estimate of drug-likeness (QED) is 0.487. The Morgan fingerprint density at radius 1 is 1.50 bits per heavy atom. The van der Waals surface area contributed by atoms with Gasteiger partial charge in [-0.25, -0.2) is 0 Å². The lowest BCUT2D eigenvalue weighted by atomic mass is 10.2. The Morgan fingerprint density at radius 3 is 2.94 bits per heavy atom. The van der Waals surface area contributed by atoms with Crippen LogP contribution < -0.4 is 5.73 Å². The molecule has 0 saturated heterocycles. The van der Waals surface area contributed by atoms with Gasteiger partial charge in [0, 0.05) is 16.3 Å². The lowest BCUT2D eigenvalue weighted by Gasteiger charge is -2.06. The predicted molar refractivity (Wildman–Crippen MR) is 67.6 cm³/mol. The Hall–Kier alpha value is -1.16. The molecule has 0 aliphatic carbocycles. The van der Waals surface area contributed by atoms with Gasteiger partial charge in [-0.15, -0.1) is 11.8 Å². The Kier molecular flexibility index (Phi) is 5.19. The molecule has 0 aromatic heterocycles. The average molecular weight is 239 g/mol. The summed E-state index contributed by atoms with van der Waals surface area (Å²) in [5, 5.41) is 0. The molecule has 88 valence electrons. The fourth-order valence-electron chi connectivity index (χ4n) is 1.25. The summed E-state index contributed by atoms with van der Waals surface area (Å²) in [6, 6.07) is 5.80. The van der Waals surface area contributed by atoms with Crippen molar-refractivity contribution in [2.75, 3.05) is 18.1 Å². The van der Waals surface area contributed by atoms with Crippen LogP contribution in [0.1, 0.15) is 18.9 Å². The highest BCUT2D eigenvalue weighted by Gasteiger charge is 2.04. The van der Waals surface area contributed by atoms with Crippen LogP contribution >= 0.6 is 11.8 Å². The molecular weight excluding hydrogens is 222 g/mol. The van der Waals surface area contributed by atoms with Crippen molar-refractivity contribution in [3.05, 3.63) is 23.8 Å². The van der Waals surface area contributed by atoms with E-state index in [0.29, 0.717) is 13.0 Å². The second-order valence-electron chi connectivity index (χ2n) is 3.43. The summed E-state index contributed by atoms with van der Waals surface area (Å²) >= 11 is 1.63. The van der Waals surface area contributed by atoms with Crippen LogP contribution in [-0.2, 0) is 9.53 Å². The number of aryl methyl sites for hydroxylation is 1. The average Bonchev–Trinajstić information content (AvgIpc) is 2.23. The van der Waals surface area contributed by atoms with E-state index in [-0.39, 0.29) is 5.97 Å². The third-order valence-corrected chi connectivity index (χ3v) is 3.24. The number of esters is 1. The molecule has 0 aliphatic heterocycles. The molecule has 0 radical (unpaired) electrons. The number of benzene rings is 1. The molecule has 1 aromatic carbocycles. The van der Waals surface area contributed by atoms with E-state index in [1.54, 1.807) is 11.8 Å². The lowest BCUT2D eigenvalue weighted by molar-refractivity contribution is -0.142. The van der Waals surface area contributed by atoms with E-state index in [1.807, 2.05) is 32.0 Å². The summed E-state index contributed by atoms with van der Waals surface area (Å²) in [5.41, 5.74) is 7.64. The number of rotatable bonds is 5. The summed E-state index contributed by atoms with van der Waals surface area (Å²) < 4.78 is 4.86. The van der Waals surface area contributed by atoms with Gasteiger partial charge >= 0.3 is 5.97 Å². The second-order valence-corrected chi connectivity index (χ2v) is 4.57. The van der Waals surface area contributed by atoms with Crippen LogP contribution in [0.5, 0.6) is 0 Å². The highest BCUT2D eigenvalue weighted by atomic mass is 32.2. The SMILES string of the molecule is CCOC(=O)CCSc1cc(N)ccc1C. The molecule has 0 aliphatic rings. The molecule has 2 N–H and O–H groups in total. The number of carbonyl (C=O) groups is 1. The molecule has 0 saturated carbocycles. The monoisotopic (exact) mass is 239 g/mol. The third kappa shape index (κ3) is 4.14. The van der Waals surface area contributed by atoms with Gasteiger partial charge < -0.3 is 10.5 Å². The number of nitrogen functional groups attached to an aromatic ring is 1. The van der Waals surface area contributed by atoms with Gasteiger partial charge in [0.25, 0.3) is 0 Å². The van der Waals surface area contributed by atoms with Crippen molar-refractivity contribution < 1.29 is 9.53 Å². The van der Waals surface area contributed by atoms with Crippen LogP contribution in [0, 0.1) is 6.92 Å². The highest BCUT2D eigenvalue weighted by molar-refractivity contribution is 7.99. The Labute approximate surface area is 100 Å². The maximum Gasteiger partial charge on any atom is 0.306 e. The zero-order chi connectivity index (χ0) is 12.0. The minimum Gasteiger partial charge on any atom is -0.466 e. The van der Waals surface area contributed by atoms with Crippen LogP contribution in [-0.4, -0.2) is 18.3 Å². The van der Waals surface area contributed by atoms with Crippen molar-refractivity contribution in [3.8, 4) is 0 Å². The van der Waals surface area contributed by atoms with Crippen LogP contribution in [0.3, 0.4) is 0 Å². The summed E-state index contributed by atoms with van der Waals surface area (Å²) in [5.74, 6) is 0.583. The van der Waals surface area contributed by atoms with Gasteiger partial charge in [-0.05, 0) is 31.5 Å². The van der Waals surface area contributed by atoms with Crippen LogP contribution in [0.4, 0.5) is 5.69 Å². The van der Waals surface area contributed by atoms with E-state index in [0.717, 1.165) is 16.3 Å². The van der Waals surface area contributed by atoms with Crippen LogP contribution in [0.15, 0.2) is 23.1 Å². The van der Waals surface area contributed by atoms with Crippen molar-refractivity contribution in [1.82, 2.24) is 0 Å². The molecular formula is C12H17NO2S. The zero-order valence-electron chi connectivity index (χ0n) is 9.66. The first kappa shape index (κ1) is 12.9. The van der Waals surface area contributed by atoms with Gasteiger partial charge in [-0.3, -0.25) is 4.79 Å². The Balaban J connectivity index is 2.42. The van der Waals surface area contributed by atoms with E-state index in [4.69, 9.17) is 10.5 Å². The topological polar surface area (TPSA) is 52.3 Å². The third-order valence-electron chi connectivity index (χ3n) is 2.08. The minimum atomic E-state index is -0.142. The summed E-state index contributed by atoms with van der Waals surface area (Å²) in [7, 11) is 0. The molecule has 0 unspecified atom stereocenters. The summed E-state index contributed by atoms with van der Waals surface area (Å²) in [6.07, 6.45) is 0.437. The fraction of sp³-hybridized carbons (Fsp3) is 0.417. The van der Waals surface area contributed by atoms with Crippen molar-refractivity contribution in [2.24, 2.45) is 0 Å². The van der Waals surface area contributed by atoms with Crippen molar-refractivity contribution in [1.29, 1.82) is 0 Å². The van der Waals surface area contributed by atoms with Crippen LogP contribution in [0.2, 0.25) is 0 Å². The van der Waals surface area contributed by atoms with Gasteiger partial charge in [0.1, 0.15) is 0 Å². The smallest absolute Gasteiger partial charge is 0.306 e. The van der Waals surface area contributed by atoms with Gasteiger partial charge in [-0.1, -0.05) is 6.07 Å². The first-order chi connectivity index (χ1) is 7.63. The maximum absolute atomic E-state index is 11.1. The maximum atomic E-state index is 11.1. The van der Waals surface area contributed by atoms with Crippen LogP contribution in [0.25, 0.3) is 0 Å². The van der Waals surface area contributed by atoms with E-state index < -0.39 is 0 Å².